The highest BCUT2D eigenvalue weighted by molar-refractivity contribution is 7.79. The molecule has 0 atom stereocenters. The van der Waals surface area contributed by atoms with Crippen LogP contribution in [-0.2, 0) is 27.6 Å². The summed E-state index contributed by atoms with van der Waals surface area (Å²) in [5.41, 5.74) is 5.96. The lowest BCUT2D eigenvalue weighted by Crippen LogP contribution is -2.29. The number of ether oxygens (including phenoxy) is 1. The van der Waals surface area contributed by atoms with E-state index in [4.69, 9.17) is 36.2 Å². The molecule has 4 rings (SSSR count). The number of ketones is 1. The van der Waals surface area contributed by atoms with Crippen molar-refractivity contribution in [2.75, 3.05) is 12.4 Å². The Morgan fingerprint density at radius 1 is 1.28 bits per heavy atom. The molecule has 0 spiro atoms. The molecule has 14 heteroatoms. The van der Waals surface area contributed by atoms with Gasteiger partial charge in [0.05, 0.1) is 40.7 Å². The van der Waals surface area contributed by atoms with Gasteiger partial charge in [-0.3, -0.25) is 28.4 Å². The third kappa shape index (κ3) is 6.02. The second kappa shape index (κ2) is 10.4. The Bertz CT molecular complexity index is 1600. The Labute approximate surface area is 215 Å². The van der Waals surface area contributed by atoms with E-state index in [9.17, 15) is 9.59 Å². The van der Waals surface area contributed by atoms with E-state index in [1.165, 1.54) is 19.4 Å². The van der Waals surface area contributed by atoms with E-state index in [1.54, 1.807) is 18.2 Å². The molecule has 1 saturated carbocycles. The van der Waals surface area contributed by atoms with Crippen LogP contribution in [0.15, 0.2) is 36.8 Å². The fourth-order valence-electron chi connectivity index (χ4n) is 3.45. The molecule has 36 heavy (non-hydrogen) atoms. The summed E-state index contributed by atoms with van der Waals surface area (Å²) in [7, 11) is -3.27. The summed E-state index contributed by atoms with van der Waals surface area (Å²) in [5, 5.41) is 7.12. The minimum atomic E-state index is -4.67. The van der Waals surface area contributed by atoms with Crippen molar-refractivity contribution < 1.29 is 40.1 Å². The van der Waals surface area contributed by atoms with Crippen molar-refractivity contribution in [3.8, 4) is 17.1 Å². The maximum absolute atomic E-state index is 12.9. The number of hydrogen-bond donors (Lipinski definition) is 4. The number of anilines is 2. The molecule has 5 N–H and O–H groups in total. The van der Waals surface area contributed by atoms with E-state index in [2.05, 4.69) is 20.4 Å². The number of nitrogens with two attached hydrogens (primary N) is 1. The molecule has 192 valence electrons. The van der Waals surface area contributed by atoms with Gasteiger partial charge in [-0.05, 0) is 31.0 Å². The molecule has 1 amide bonds. The third-order valence-electron chi connectivity index (χ3n) is 5.30. The van der Waals surface area contributed by atoms with Gasteiger partial charge >= 0.3 is 10.4 Å². The average molecular weight is 525 g/mol. The zero-order valence-corrected chi connectivity index (χ0v) is 19.6. The number of para-hydroxylation sites is 1. The number of aryl methyl sites for hydroxylation is 1. The molecule has 2 aromatic heterocycles. The molecule has 1 aliphatic carbocycles. The third-order valence-corrected chi connectivity index (χ3v) is 5.30. The van der Waals surface area contributed by atoms with Gasteiger partial charge in [-0.2, -0.15) is 13.5 Å². The Kier molecular flexibility index (Phi) is 5.58. The van der Waals surface area contributed by atoms with Crippen LogP contribution in [0.1, 0.15) is 50.4 Å². The van der Waals surface area contributed by atoms with Crippen molar-refractivity contribution in [1.29, 1.82) is 0 Å². The van der Waals surface area contributed by atoms with Crippen LogP contribution in [0.25, 0.3) is 11.4 Å². The number of aromatic nitrogens is 4. The second-order valence-electron chi connectivity index (χ2n) is 7.63. The van der Waals surface area contributed by atoms with E-state index >= 15 is 0 Å². The quantitative estimate of drug-likeness (QED) is 0.248. The predicted octanol–water partition coefficient (Wildman–Crippen LogP) is 2.09. The van der Waals surface area contributed by atoms with Crippen molar-refractivity contribution in [1.82, 2.24) is 19.7 Å². The summed E-state index contributed by atoms with van der Waals surface area (Å²) in [6.07, 6.45) is 2.63. The van der Waals surface area contributed by atoms with Crippen LogP contribution in [-0.4, -0.2) is 56.1 Å². The highest BCUT2D eigenvalue weighted by Gasteiger charge is 2.51. The maximum Gasteiger partial charge on any atom is 0.394 e. The number of carbonyl (C=O) groups is 2. The molecule has 0 radical (unpaired) electrons. The molecule has 0 saturated heterocycles. The summed E-state index contributed by atoms with van der Waals surface area (Å²) in [6, 6.07) is 6.43. The molecule has 1 aromatic carbocycles. The van der Waals surface area contributed by atoms with Crippen LogP contribution in [0.3, 0.4) is 0 Å². The highest BCUT2D eigenvalue weighted by atomic mass is 32.3. The van der Waals surface area contributed by atoms with Crippen LogP contribution in [0.2, 0.25) is 0 Å². The Hall–Kier alpha value is -3.88. The Balaban J connectivity index is 0.000000892. The minimum absolute atomic E-state index is 0.0115. The number of carbonyl (C=O) groups excluding carboxylic acids is 2. The van der Waals surface area contributed by atoms with Crippen LogP contribution in [0.4, 0.5) is 11.4 Å². The van der Waals surface area contributed by atoms with Crippen molar-refractivity contribution >= 4 is 33.5 Å². The molecule has 1 aliphatic rings. The van der Waals surface area contributed by atoms with Gasteiger partial charge in [0.15, 0.2) is 17.4 Å². The van der Waals surface area contributed by atoms with E-state index in [-0.39, 0.29) is 22.8 Å². The van der Waals surface area contributed by atoms with Crippen molar-refractivity contribution in [3.05, 3.63) is 48.0 Å². The van der Waals surface area contributed by atoms with Crippen LogP contribution < -0.4 is 15.8 Å². The summed E-state index contributed by atoms with van der Waals surface area (Å²) in [6.45, 7) is -5.01. The van der Waals surface area contributed by atoms with Gasteiger partial charge in [-0.15, -0.1) is 0 Å². The summed E-state index contributed by atoms with van der Waals surface area (Å²) in [5.74, 6) is -0.868. The topological polar surface area (TPSA) is 200 Å². The molecular formula is C22H26N6O7S. The predicted molar refractivity (Wildman–Crippen MR) is 129 cm³/mol. The first kappa shape index (κ1) is 19.3. The first-order valence-electron chi connectivity index (χ1n) is 13.2. The van der Waals surface area contributed by atoms with E-state index in [0.29, 0.717) is 29.8 Å². The Morgan fingerprint density at radius 2 is 2.00 bits per heavy atom. The summed E-state index contributed by atoms with van der Waals surface area (Å²) < 4.78 is 82.9. The fraction of sp³-hybridized carbons (Fsp3) is 0.318. The molecule has 2 heterocycles. The van der Waals surface area contributed by atoms with Crippen LogP contribution >= 0.6 is 0 Å². The van der Waals surface area contributed by atoms with E-state index in [0.717, 1.165) is 11.0 Å². The lowest BCUT2D eigenvalue weighted by molar-refractivity contribution is -0.120. The fourth-order valence-corrected chi connectivity index (χ4v) is 3.45. The SMILES string of the molecule is O=S(=O)(O)O.[2H]C([2H])([2H])CC(=O)c1cnc(C2(C(N)=O)CC2)cc1Nc1cccc(-c2ncn(C([2H])([2H])[2H])n2)c1OC. The van der Waals surface area contributed by atoms with Crippen molar-refractivity contribution in [2.24, 2.45) is 12.7 Å². The molecule has 1 fully saturated rings. The van der Waals surface area contributed by atoms with Gasteiger partial charge in [-0.1, -0.05) is 12.9 Å². The first-order chi connectivity index (χ1) is 19.2. The van der Waals surface area contributed by atoms with Gasteiger partial charge in [0.2, 0.25) is 5.91 Å². The highest BCUT2D eigenvalue weighted by Crippen LogP contribution is 2.48. The smallest absolute Gasteiger partial charge is 0.394 e. The number of methoxy groups -OCH3 is 1. The monoisotopic (exact) mass is 524 g/mol. The average Bonchev–Trinajstić information content (AvgIpc) is 3.50. The number of rotatable bonds is 8. The largest absolute Gasteiger partial charge is 0.494 e. The number of amides is 1. The zero-order chi connectivity index (χ0) is 31.7. The first-order valence-corrected chi connectivity index (χ1v) is 11.5. The molecule has 0 bridgehead atoms. The summed E-state index contributed by atoms with van der Waals surface area (Å²) >= 11 is 0. The lowest BCUT2D eigenvalue weighted by atomic mass is 9.98. The number of nitrogens with one attached hydrogen (secondary N) is 1. The molecule has 0 unspecified atom stereocenters. The van der Waals surface area contributed by atoms with Gasteiger partial charge in [0, 0.05) is 27.8 Å². The standard InChI is InChI=1S/C22H24N6O3.H2O4S/c1-4-17(29)14-11-24-18(22(8-9-22)21(23)30)10-16(14)26-15-7-5-6-13(19(15)31-3)20-25-12-28(2)27-20;1-5(2,3)4/h5-7,10-12H,4,8-9H2,1-3H3,(H2,23,30)(H,24,26);(H2,1,2,3,4)/i1D3,2D3;. The summed E-state index contributed by atoms with van der Waals surface area (Å²) in [4.78, 5) is 33.3. The van der Waals surface area contributed by atoms with E-state index < -0.39 is 47.8 Å². The number of Topliss-reactive ketones (excluding diaryl/α,β-unsaturated/α-hetero) is 1. The second-order valence-corrected chi connectivity index (χ2v) is 8.53. The number of benzene rings is 1. The molecule has 0 aliphatic heterocycles. The minimum Gasteiger partial charge on any atom is -0.494 e. The van der Waals surface area contributed by atoms with Crippen molar-refractivity contribution in [3.63, 3.8) is 0 Å². The maximum atomic E-state index is 12.9. The van der Waals surface area contributed by atoms with Crippen LogP contribution in [0, 0.1) is 0 Å². The molecule has 3 aromatic rings. The van der Waals surface area contributed by atoms with Gasteiger partial charge in [0.25, 0.3) is 0 Å². The van der Waals surface area contributed by atoms with Gasteiger partial charge < -0.3 is 15.8 Å². The lowest BCUT2D eigenvalue weighted by Gasteiger charge is -2.18. The number of pyridine rings is 1. The van der Waals surface area contributed by atoms with E-state index in [1.807, 2.05) is 0 Å². The normalized spacial score (nSPS) is 17.0. The van der Waals surface area contributed by atoms with Gasteiger partial charge in [0.1, 0.15) is 6.33 Å². The Morgan fingerprint density at radius 3 is 2.56 bits per heavy atom. The van der Waals surface area contributed by atoms with Crippen LogP contribution in [0.5, 0.6) is 5.75 Å². The number of hydrogen-bond acceptors (Lipinski definition) is 9. The zero-order valence-electron chi connectivity index (χ0n) is 24.8. The number of primary amides is 1. The van der Waals surface area contributed by atoms with Crippen molar-refractivity contribution in [2.45, 2.75) is 31.5 Å². The molecule has 13 nitrogen and oxygen atoms in total. The van der Waals surface area contributed by atoms with Gasteiger partial charge in [-0.25, -0.2) is 4.98 Å². The molecular weight excluding hydrogens is 492 g/mol. The number of nitrogens with zero attached hydrogens (tertiary/aromatic N) is 4.